The normalized spacial score (nSPS) is 11.0. The number of ether oxygens (including phenoxy) is 1. The molecule has 0 amide bonds. The number of alkyl halides is 2. The third-order valence-electron chi connectivity index (χ3n) is 2.65. The number of carbonyl (C=O) groups excluding carboxylic acids is 1. The number of benzene rings is 2. The summed E-state index contributed by atoms with van der Waals surface area (Å²) in [6, 6.07) is 11.2. The van der Waals surface area contributed by atoms with Crippen molar-refractivity contribution in [1.29, 1.82) is 0 Å². The first-order valence-electron chi connectivity index (χ1n) is 6.05. The van der Waals surface area contributed by atoms with E-state index in [1.807, 2.05) is 0 Å². The molecule has 0 heterocycles. The van der Waals surface area contributed by atoms with Crippen LogP contribution in [0.15, 0.2) is 42.5 Å². The largest absolute Gasteiger partial charge is 0.435 e. The Morgan fingerprint density at radius 1 is 0.952 bits per heavy atom. The lowest BCUT2D eigenvalue weighted by Crippen LogP contribution is -2.01. The third kappa shape index (κ3) is 4.68. The fourth-order valence-corrected chi connectivity index (χ4v) is 2.00. The molecule has 0 aliphatic carbocycles. The Labute approximate surface area is 125 Å². The van der Waals surface area contributed by atoms with Gasteiger partial charge in [-0.3, -0.25) is 4.79 Å². The molecule has 0 saturated carbocycles. The van der Waals surface area contributed by atoms with Gasteiger partial charge in [0, 0.05) is 10.6 Å². The van der Waals surface area contributed by atoms with E-state index in [1.54, 1.807) is 42.5 Å². The van der Waals surface area contributed by atoms with E-state index in [0.29, 0.717) is 10.6 Å². The molecular weight excluding hydrogens is 298 g/mol. The van der Waals surface area contributed by atoms with Gasteiger partial charge in [0.2, 0.25) is 0 Å². The minimum absolute atomic E-state index is 0.105. The van der Waals surface area contributed by atoms with Crippen LogP contribution in [0.3, 0.4) is 0 Å². The summed E-state index contributed by atoms with van der Waals surface area (Å²) in [7, 11) is 0. The molecule has 0 spiro atoms. The summed E-state index contributed by atoms with van der Waals surface area (Å²) in [5.41, 5.74) is 2.07. The molecule has 2 rings (SSSR count). The van der Waals surface area contributed by atoms with Crippen molar-refractivity contribution in [2.45, 2.75) is 6.61 Å². The van der Waals surface area contributed by atoms with Crippen molar-refractivity contribution in [3.05, 3.63) is 64.2 Å². The van der Waals surface area contributed by atoms with Gasteiger partial charge in [0.25, 0.3) is 0 Å². The van der Waals surface area contributed by atoms with Crippen LogP contribution in [-0.4, -0.2) is 12.9 Å². The van der Waals surface area contributed by atoms with Gasteiger partial charge in [-0.15, -0.1) is 0 Å². The third-order valence-corrected chi connectivity index (χ3v) is 2.87. The Morgan fingerprint density at radius 2 is 1.57 bits per heavy atom. The highest BCUT2D eigenvalue weighted by molar-refractivity contribution is 6.31. The number of carbonyl (C=O) groups is 1. The van der Waals surface area contributed by atoms with E-state index in [9.17, 15) is 13.6 Å². The number of aldehydes is 1. The van der Waals surface area contributed by atoms with Crippen LogP contribution in [0.2, 0.25) is 5.02 Å². The van der Waals surface area contributed by atoms with E-state index in [1.165, 1.54) is 12.1 Å². The van der Waals surface area contributed by atoms with E-state index in [-0.39, 0.29) is 5.75 Å². The van der Waals surface area contributed by atoms with E-state index in [2.05, 4.69) is 4.74 Å². The van der Waals surface area contributed by atoms with Crippen LogP contribution in [0.4, 0.5) is 8.78 Å². The summed E-state index contributed by atoms with van der Waals surface area (Å²) in [5, 5.41) is 0.472. The van der Waals surface area contributed by atoms with Gasteiger partial charge < -0.3 is 4.74 Å². The van der Waals surface area contributed by atoms with E-state index >= 15 is 0 Å². The van der Waals surface area contributed by atoms with Crippen LogP contribution in [0, 0.1) is 0 Å². The van der Waals surface area contributed by atoms with E-state index in [0.717, 1.165) is 17.4 Å². The second kappa shape index (κ2) is 6.99. The average molecular weight is 309 g/mol. The van der Waals surface area contributed by atoms with Crippen molar-refractivity contribution in [3.8, 4) is 5.75 Å². The molecule has 0 N–H and O–H groups in total. The molecule has 0 saturated heterocycles. The SMILES string of the molecule is O=Cc1cc(Cl)cc(/C=C/c2ccc(OC(F)F)cc2)c1. The summed E-state index contributed by atoms with van der Waals surface area (Å²) in [6.45, 7) is -2.83. The molecule has 5 heteroatoms. The van der Waals surface area contributed by atoms with Gasteiger partial charge in [-0.05, 0) is 41.5 Å². The molecule has 0 fully saturated rings. The van der Waals surface area contributed by atoms with Gasteiger partial charge in [-0.1, -0.05) is 35.9 Å². The van der Waals surface area contributed by atoms with E-state index < -0.39 is 6.61 Å². The van der Waals surface area contributed by atoms with Gasteiger partial charge in [0.1, 0.15) is 12.0 Å². The van der Waals surface area contributed by atoms with Gasteiger partial charge in [-0.2, -0.15) is 8.78 Å². The molecule has 0 aromatic heterocycles. The van der Waals surface area contributed by atoms with E-state index in [4.69, 9.17) is 11.6 Å². The first-order chi connectivity index (χ1) is 10.1. The molecular formula is C16H11ClF2O2. The quantitative estimate of drug-likeness (QED) is 0.578. The van der Waals surface area contributed by atoms with Crippen molar-refractivity contribution in [3.63, 3.8) is 0 Å². The lowest BCUT2D eigenvalue weighted by molar-refractivity contribution is -0.0498. The Morgan fingerprint density at radius 3 is 2.19 bits per heavy atom. The first-order valence-corrected chi connectivity index (χ1v) is 6.43. The minimum Gasteiger partial charge on any atom is -0.435 e. The molecule has 0 aliphatic heterocycles. The Kier molecular flexibility index (Phi) is 5.06. The lowest BCUT2D eigenvalue weighted by Gasteiger charge is -2.03. The highest BCUT2D eigenvalue weighted by Gasteiger charge is 2.02. The average Bonchev–Trinajstić information content (AvgIpc) is 2.45. The van der Waals surface area contributed by atoms with Gasteiger partial charge >= 0.3 is 6.61 Å². The fourth-order valence-electron chi connectivity index (χ4n) is 1.75. The van der Waals surface area contributed by atoms with Crippen molar-refractivity contribution < 1.29 is 18.3 Å². The zero-order chi connectivity index (χ0) is 15.2. The maximum absolute atomic E-state index is 12.0. The fraction of sp³-hybridized carbons (Fsp3) is 0.0625. The second-order valence-corrected chi connectivity index (χ2v) is 4.65. The lowest BCUT2D eigenvalue weighted by atomic mass is 10.1. The summed E-state index contributed by atoms with van der Waals surface area (Å²) in [5.74, 6) is 0.105. The van der Waals surface area contributed by atoms with Gasteiger partial charge in [0.15, 0.2) is 0 Å². The summed E-state index contributed by atoms with van der Waals surface area (Å²) >= 11 is 5.90. The van der Waals surface area contributed by atoms with Crippen LogP contribution in [-0.2, 0) is 0 Å². The molecule has 0 unspecified atom stereocenters. The zero-order valence-corrected chi connectivity index (χ0v) is 11.6. The minimum atomic E-state index is -2.83. The Hall–Kier alpha value is -2.20. The van der Waals surface area contributed by atoms with Crippen molar-refractivity contribution in [2.24, 2.45) is 0 Å². The topological polar surface area (TPSA) is 26.3 Å². The molecule has 108 valence electrons. The molecule has 0 bridgehead atoms. The van der Waals surface area contributed by atoms with Crippen LogP contribution in [0.1, 0.15) is 21.5 Å². The number of hydrogen-bond acceptors (Lipinski definition) is 2. The number of rotatable bonds is 5. The maximum atomic E-state index is 12.0. The predicted octanol–water partition coefficient (Wildman–Crippen LogP) is 4.92. The molecule has 0 aliphatic rings. The van der Waals surface area contributed by atoms with Gasteiger partial charge in [-0.25, -0.2) is 0 Å². The first kappa shape index (κ1) is 15.2. The molecule has 2 aromatic rings. The number of halogens is 3. The predicted molar refractivity (Wildman–Crippen MR) is 78.8 cm³/mol. The van der Waals surface area contributed by atoms with Crippen molar-refractivity contribution >= 4 is 30.0 Å². The summed E-state index contributed by atoms with van der Waals surface area (Å²) in [4.78, 5) is 10.8. The number of hydrogen-bond donors (Lipinski definition) is 0. The monoisotopic (exact) mass is 308 g/mol. The summed E-state index contributed by atoms with van der Waals surface area (Å²) < 4.78 is 28.3. The molecule has 2 aromatic carbocycles. The zero-order valence-electron chi connectivity index (χ0n) is 10.8. The van der Waals surface area contributed by atoms with Crippen molar-refractivity contribution in [2.75, 3.05) is 0 Å². The smallest absolute Gasteiger partial charge is 0.387 e. The Balaban J connectivity index is 2.13. The molecule has 21 heavy (non-hydrogen) atoms. The van der Waals surface area contributed by atoms with Crippen LogP contribution >= 0.6 is 11.6 Å². The molecule has 0 atom stereocenters. The summed E-state index contributed by atoms with van der Waals surface area (Å²) in [6.07, 6.45) is 4.29. The highest BCUT2D eigenvalue weighted by atomic mass is 35.5. The second-order valence-electron chi connectivity index (χ2n) is 4.22. The molecule has 0 radical (unpaired) electrons. The van der Waals surface area contributed by atoms with Crippen LogP contribution in [0.25, 0.3) is 12.2 Å². The highest BCUT2D eigenvalue weighted by Crippen LogP contribution is 2.18. The Bertz CT molecular complexity index is 652. The molecule has 2 nitrogen and oxygen atoms in total. The van der Waals surface area contributed by atoms with Crippen molar-refractivity contribution in [1.82, 2.24) is 0 Å². The van der Waals surface area contributed by atoms with Crippen LogP contribution in [0.5, 0.6) is 5.75 Å². The van der Waals surface area contributed by atoms with Crippen LogP contribution < -0.4 is 4.74 Å². The van der Waals surface area contributed by atoms with Gasteiger partial charge in [0.05, 0.1) is 0 Å². The maximum Gasteiger partial charge on any atom is 0.387 e. The standard InChI is InChI=1S/C16H11ClF2O2/c17-14-8-12(7-13(9-14)10-20)2-1-11-3-5-15(6-4-11)21-16(18)19/h1-10,16H/b2-1+.